The van der Waals surface area contributed by atoms with Gasteiger partial charge < -0.3 is 20.1 Å². The zero-order valence-corrected chi connectivity index (χ0v) is 31.0. The lowest BCUT2D eigenvalue weighted by Crippen LogP contribution is -2.53. The average Bonchev–Trinajstić information content (AvgIpc) is 3.62. The van der Waals surface area contributed by atoms with E-state index in [1.807, 2.05) is 42.5 Å². The summed E-state index contributed by atoms with van der Waals surface area (Å²) in [6.45, 7) is 3.90. The summed E-state index contributed by atoms with van der Waals surface area (Å²) < 4.78 is 37.9. The lowest BCUT2D eigenvalue weighted by molar-refractivity contribution is -0.150. The molecule has 2 aliphatic heterocycles. The number of halogens is 1. The van der Waals surface area contributed by atoms with Crippen LogP contribution in [0.2, 0.25) is 5.02 Å². The summed E-state index contributed by atoms with van der Waals surface area (Å²) in [6.07, 6.45) is 3.54. The van der Waals surface area contributed by atoms with Crippen LogP contribution in [0.25, 0.3) is 0 Å². The zero-order chi connectivity index (χ0) is 36.5. The fraction of sp³-hybridized carbons (Fsp3) is 0.417. The Balaban J connectivity index is 1.14. The highest BCUT2D eigenvalue weighted by atomic mass is 35.5. The van der Waals surface area contributed by atoms with E-state index in [1.165, 1.54) is 22.4 Å². The van der Waals surface area contributed by atoms with Gasteiger partial charge in [-0.3, -0.25) is 14.9 Å². The number of esters is 1. The molecule has 1 saturated heterocycles. The van der Waals surface area contributed by atoms with Crippen LogP contribution in [0, 0.1) is 0 Å². The maximum atomic E-state index is 13.3. The van der Waals surface area contributed by atoms with Crippen LogP contribution < -0.4 is 20.1 Å². The van der Waals surface area contributed by atoms with Gasteiger partial charge in [0.2, 0.25) is 15.9 Å². The molecule has 0 bridgehead atoms. The highest BCUT2D eigenvalue weighted by Gasteiger charge is 2.37. The number of aryl methyl sites for hydroxylation is 2. The van der Waals surface area contributed by atoms with Crippen molar-refractivity contribution in [2.75, 3.05) is 18.5 Å². The number of benzene rings is 3. The van der Waals surface area contributed by atoms with Crippen LogP contribution in [0.3, 0.4) is 0 Å². The Hall–Kier alpha value is -3.66. The van der Waals surface area contributed by atoms with E-state index in [1.54, 1.807) is 26.0 Å². The first-order chi connectivity index (χ1) is 24.4. The number of aliphatic carboxylic acids is 1. The number of hydrogen-bond donors (Lipinski definition) is 5. The third-order valence-electron chi connectivity index (χ3n) is 8.95. The largest absolute Gasteiger partial charge is 0.480 e. The summed E-state index contributed by atoms with van der Waals surface area (Å²) in [5, 5.41) is 16.1. The standard InChI is InChI=1S/C36H44ClN5O7S2/c1-3-49-36(46)28(39-23(2)34(43)42-19-7-10-30(42)35(44)45)17-15-25-11-13-26(14-12-25)22-38-51(47,48)32-21-31-29(20-27(32)37)40-33(41-50-31)18-16-24-8-5-4-6-9-24/h4-6,8-9,11-14,20-21,23,28,30,33,38-41H,3,7,10,15-19,22H2,1-2H3,(H,44,45)/t23-,28-,30-,33?/m0/s1. The molecular weight excluding hydrogens is 714 g/mol. The Kier molecular flexibility index (Phi) is 13.4. The molecule has 5 rings (SSSR count). The Bertz CT molecular complexity index is 1800. The number of hydrogen-bond acceptors (Lipinski definition) is 10. The molecule has 12 nitrogen and oxygen atoms in total. The first-order valence-corrected chi connectivity index (χ1v) is 19.7. The van der Waals surface area contributed by atoms with Crippen LogP contribution in [-0.2, 0) is 48.5 Å². The van der Waals surface area contributed by atoms with E-state index in [0.29, 0.717) is 32.2 Å². The van der Waals surface area contributed by atoms with Gasteiger partial charge in [-0.1, -0.05) is 66.2 Å². The van der Waals surface area contributed by atoms with Crippen molar-refractivity contribution in [1.82, 2.24) is 19.7 Å². The molecule has 0 saturated carbocycles. The van der Waals surface area contributed by atoms with Crippen LogP contribution >= 0.6 is 23.5 Å². The lowest BCUT2D eigenvalue weighted by Gasteiger charge is -2.28. The van der Waals surface area contributed by atoms with Gasteiger partial charge in [0.25, 0.3) is 0 Å². The Morgan fingerprint density at radius 2 is 1.76 bits per heavy atom. The molecule has 1 fully saturated rings. The molecular formula is C36H44ClN5O7S2. The summed E-state index contributed by atoms with van der Waals surface area (Å²) in [7, 11) is -3.94. The van der Waals surface area contributed by atoms with Crippen LogP contribution in [-0.4, -0.2) is 73.7 Å². The van der Waals surface area contributed by atoms with Crippen LogP contribution in [0.1, 0.15) is 56.2 Å². The van der Waals surface area contributed by atoms with E-state index in [9.17, 15) is 27.9 Å². The van der Waals surface area contributed by atoms with Gasteiger partial charge in [-0.05, 0) is 93.1 Å². The monoisotopic (exact) mass is 757 g/mol. The number of fused-ring (bicyclic) bond motifs is 1. The molecule has 0 spiro atoms. The summed E-state index contributed by atoms with van der Waals surface area (Å²) in [6, 6.07) is 18.3. The van der Waals surface area contributed by atoms with E-state index in [0.717, 1.165) is 34.6 Å². The third-order valence-corrected chi connectivity index (χ3v) is 11.8. The quantitative estimate of drug-likeness (QED) is 0.101. The minimum absolute atomic E-state index is 0.00394. The van der Waals surface area contributed by atoms with Crippen molar-refractivity contribution in [3.63, 3.8) is 0 Å². The molecule has 1 unspecified atom stereocenters. The minimum Gasteiger partial charge on any atom is -0.480 e. The fourth-order valence-corrected chi connectivity index (χ4v) is 8.68. The van der Waals surface area contributed by atoms with E-state index in [-0.39, 0.29) is 35.1 Å². The van der Waals surface area contributed by atoms with Gasteiger partial charge in [0.15, 0.2) is 0 Å². The Morgan fingerprint density at radius 1 is 1.06 bits per heavy atom. The molecule has 0 aromatic heterocycles. The highest BCUT2D eigenvalue weighted by molar-refractivity contribution is 7.97. The van der Waals surface area contributed by atoms with Crippen molar-refractivity contribution in [1.29, 1.82) is 0 Å². The molecule has 4 atom stereocenters. The Labute approximate surface area is 308 Å². The second-order valence-electron chi connectivity index (χ2n) is 12.6. The number of carboxylic acid groups (broad SMARTS) is 1. The van der Waals surface area contributed by atoms with Crippen molar-refractivity contribution in [3.8, 4) is 0 Å². The second kappa shape index (κ2) is 17.7. The van der Waals surface area contributed by atoms with E-state index < -0.39 is 40.1 Å². The number of likely N-dealkylation sites (tertiary alicyclic amines) is 1. The number of anilines is 1. The number of amides is 1. The van der Waals surface area contributed by atoms with Crippen LogP contribution in [0.4, 0.5) is 5.69 Å². The van der Waals surface area contributed by atoms with Gasteiger partial charge in [-0.2, -0.15) is 0 Å². The van der Waals surface area contributed by atoms with Crippen molar-refractivity contribution in [3.05, 3.63) is 88.4 Å². The third kappa shape index (κ3) is 10.2. The number of ether oxygens (including phenoxy) is 1. The number of sulfonamides is 1. The summed E-state index contributed by atoms with van der Waals surface area (Å²) >= 11 is 7.87. The molecule has 3 aromatic carbocycles. The number of carbonyl (C=O) groups excluding carboxylic acids is 2. The molecule has 0 radical (unpaired) electrons. The molecule has 15 heteroatoms. The predicted octanol–water partition coefficient (Wildman–Crippen LogP) is 4.72. The molecule has 2 aliphatic rings. The zero-order valence-electron chi connectivity index (χ0n) is 28.6. The van der Waals surface area contributed by atoms with Gasteiger partial charge in [-0.25, -0.2) is 22.7 Å². The number of nitrogens with zero attached hydrogens (tertiary/aromatic N) is 1. The molecule has 2 heterocycles. The average molecular weight is 758 g/mol. The van der Waals surface area contributed by atoms with Crippen LogP contribution in [0.5, 0.6) is 0 Å². The summed E-state index contributed by atoms with van der Waals surface area (Å²) in [5.41, 5.74) is 3.65. The number of rotatable bonds is 16. The van der Waals surface area contributed by atoms with E-state index in [4.69, 9.17) is 16.3 Å². The van der Waals surface area contributed by atoms with Crippen molar-refractivity contribution in [2.45, 2.75) is 93.0 Å². The highest BCUT2D eigenvalue weighted by Crippen LogP contribution is 2.37. The minimum atomic E-state index is -3.94. The smallest absolute Gasteiger partial charge is 0.326 e. The summed E-state index contributed by atoms with van der Waals surface area (Å²) in [4.78, 5) is 39.5. The predicted molar refractivity (Wildman–Crippen MR) is 197 cm³/mol. The fourth-order valence-electron chi connectivity index (χ4n) is 6.19. The molecule has 0 aliphatic carbocycles. The molecule has 274 valence electrons. The molecule has 5 N–H and O–H groups in total. The second-order valence-corrected chi connectivity index (χ2v) is 15.6. The topological polar surface area (TPSA) is 166 Å². The maximum absolute atomic E-state index is 13.3. The SMILES string of the molecule is CCOC(=O)[C@H](CCc1ccc(CNS(=O)(=O)c2cc3c(cc2Cl)NC(CCc2ccccc2)NS3)cc1)N[C@@H](C)C(=O)N1CCC[C@H]1C(=O)O. The number of nitrogens with one attached hydrogen (secondary N) is 4. The number of carbonyl (C=O) groups is 3. The van der Waals surface area contributed by atoms with E-state index in [2.05, 4.69) is 32.2 Å². The number of carboxylic acids is 1. The first kappa shape index (κ1) is 38.6. The van der Waals surface area contributed by atoms with Gasteiger partial charge in [0.05, 0.1) is 29.5 Å². The summed E-state index contributed by atoms with van der Waals surface area (Å²) in [5.74, 6) is -1.90. The first-order valence-electron chi connectivity index (χ1n) is 17.0. The van der Waals surface area contributed by atoms with Crippen molar-refractivity contribution < 1.29 is 32.6 Å². The molecule has 3 aromatic rings. The molecule has 1 amide bonds. The maximum Gasteiger partial charge on any atom is 0.326 e. The normalized spacial score (nSPS) is 18.4. The van der Waals surface area contributed by atoms with Crippen molar-refractivity contribution in [2.24, 2.45) is 0 Å². The Morgan fingerprint density at radius 3 is 2.47 bits per heavy atom. The lowest BCUT2D eigenvalue weighted by atomic mass is 10.0. The van der Waals surface area contributed by atoms with Gasteiger partial charge in [0.1, 0.15) is 17.0 Å². The van der Waals surface area contributed by atoms with Crippen molar-refractivity contribution >= 4 is 57.1 Å². The van der Waals surface area contributed by atoms with Gasteiger partial charge in [-0.15, -0.1) is 0 Å². The van der Waals surface area contributed by atoms with Gasteiger partial charge >= 0.3 is 11.9 Å². The van der Waals surface area contributed by atoms with Crippen LogP contribution in [0.15, 0.2) is 76.5 Å². The molecule has 51 heavy (non-hydrogen) atoms. The van der Waals surface area contributed by atoms with E-state index >= 15 is 0 Å². The van der Waals surface area contributed by atoms with Gasteiger partial charge in [0, 0.05) is 18.0 Å².